The topological polar surface area (TPSA) is 146 Å². The van der Waals surface area contributed by atoms with Crippen LogP contribution < -0.4 is 15.4 Å². The summed E-state index contributed by atoms with van der Waals surface area (Å²) >= 11 is 0. The fourth-order valence-electron chi connectivity index (χ4n) is 5.07. The van der Waals surface area contributed by atoms with Crippen LogP contribution in [-0.2, 0) is 6.54 Å². The third kappa shape index (κ3) is 5.29. The summed E-state index contributed by atoms with van der Waals surface area (Å²) in [5.41, 5.74) is 2.00. The summed E-state index contributed by atoms with van der Waals surface area (Å²) in [6.07, 6.45) is -2.00. The second-order valence-corrected chi connectivity index (χ2v) is 9.83. The Balaban J connectivity index is 1.55. The number of nitrogens with one attached hydrogen (secondary N) is 2. The summed E-state index contributed by atoms with van der Waals surface area (Å²) in [4.78, 5) is 13.5. The van der Waals surface area contributed by atoms with Crippen molar-refractivity contribution in [2.75, 3.05) is 23.8 Å². The maximum atomic E-state index is 14.2. The highest BCUT2D eigenvalue weighted by Gasteiger charge is 2.41. The number of aromatic nitrogens is 3. The monoisotopic (exact) mass is 555 g/mol. The number of nitrogens with zero attached hydrogens (tertiary/aromatic N) is 3. The minimum absolute atomic E-state index is 0.0886. The van der Waals surface area contributed by atoms with Gasteiger partial charge in [0.15, 0.2) is 5.58 Å². The predicted molar refractivity (Wildman–Crippen MR) is 144 cm³/mol. The van der Waals surface area contributed by atoms with Gasteiger partial charge >= 0.3 is 0 Å². The molecule has 0 bridgehead atoms. The van der Waals surface area contributed by atoms with Crippen LogP contribution in [0.3, 0.4) is 0 Å². The predicted octanol–water partition coefficient (Wildman–Crippen LogP) is 3.71. The number of hydrogen-bond donors (Lipinski definition) is 5. The molecule has 4 unspecified atom stereocenters. The number of aliphatic hydroxyl groups is 3. The molecular formula is C28H31F2N5O5. The van der Waals surface area contributed by atoms with E-state index in [0.29, 0.717) is 40.8 Å². The van der Waals surface area contributed by atoms with E-state index in [2.05, 4.69) is 25.6 Å². The highest BCUT2D eigenvalue weighted by Crippen LogP contribution is 2.38. The molecule has 1 saturated carbocycles. The van der Waals surface area contributed by atoms with Gasteiger partial charge in [0.05, 0.1) is 35.7 Å². The van der Waals surface area contributed by atoms with Crippen molar-refractivity contribution in [3.63, 3.8) is 0 Å². The fraction of sp³-hybridized carbons (Fsp3) is 0.393. The molecule has 1 aromatic carbocycles. The number of rotatable bonds is 9. The first-order valence-electron chi connectivity index (χ1n) is 13.0. The van der Waals surface area contributed by atoms with E-state index >= 15 is 0 Å². The van der Waals surface area contributed by atoms with Crippen LogP contribution >= 0.6 is 0 Å². The van der Waals surface area contributed by atoms with Gasteiger partial charge < -0.3 is 35.1 Å². The molecule has 40 heavy (non-hydrogen) atoms. The number of fused-ring (bicyclic) bond motifs is 1. The Hall–Kier alpha value is -3.87. The molecule has 4 atom stereocenters. The zero-order chi connectivity index (χ0) is 28.6. The minimum Gasteiger partial charge on any atom is -0.478 e. The van der Waals surface area contributed by atoms with Gasteiger partial charge in [-0.1, -0.05) is 6.07 Å². The largest absolute Gasteiger partial charge is 0.478 e. The van der Waals surface area contributed by atoms with E-state index in [1.165, 1.54) is 18.2 Å². The van der Waals surface area contributed by atoms with Crippen LogP contribution in [0, 0.1) is 31.4 Å². The maximum absolute atomic E-state index is 14.2. The van der Waals surface area contributed by atoms with Gasteiger partial charge in [-0.15, -0.1) is 0 Å². The Morgan fingerprint density at radius 3 is 2.48 bits per heavy atom. The molecule has 5 N–H and O–H groups in total. The SMILES string of the molecule is CCOc1cc2cc(-c3c(C)nc(NCc4c(F)cccc4F)nc3NC3CC(CO)C(O)C3O)oc2c(C)n1. The number of aryl methyl sites for hydroxylation is 2. The number of benzene rings is 1. The first-order chi connectivity index (χ1) is 19.2. The first kappa shape index (κ1) is 27.7. The molecule has 5 rings (SSSR count). The van der Waals surface area contributed by atoms with E-state index in [1.807, 2.05) is 13.0 Å². The van der Waals surface area contributed by atoms with Crippen molar-refractivity contribution < 1.29 is 33.3 Å². The second-order valence-electron chi connectivity index (χ2n) is 9.83. The summed E-state index contributed by atoms with van der Waals surface area (Å²) in [6.45, 7) is 5.37. The molecule has 0 spiro atoms. The van der Waals surface area contributed by atoms with E-state index in [9.17, 15) is 24.1 Å². The van der Waals surface area contributed by atoms with Crippen LogP contribution in [0.1, 0.15) is 30.3 Å². The Kier molecular flexibility index (Phi) is 7.83. The fourth-order valence-corrected chi connectivity index (χ4v) is 5.07. The van der Waals surface area contributed by atoms with Crippen LogP contribution in [0.25, 0.3) is 22.3 Å². The van der Waals surface area contributed by atoms with Crippen LogP contribution in [0.5, 0.6) is 5.88 Å². The summed E-state index contributed by atoms with van der Waals surface area (Å²) in [5.74, 6) is -0.669. The number of pyridine rings is 1. The van der Waals surface area contributed by atoms with Crippen molar-refractivity contribution in [2.45, 2.75) is 52.0 Å². The van der Waals surface area contributed by atoms with E-state index < -0.39 is 35.8 Å². The molecular weight excluding hydrogens is 524 g/mol. The summed E-state index contributed by atoms with van der Waals surface area (Å²) in [5, 5.41) is 37.4. The Morgan fingerprint density at radius 1 is 1.05 bits per heavy atom. The lowest BCUT2D eigenvalue weighted by molar-refractivity contribution is 0.00446. The van der Waals surface area contributed by atoms with Crippen LogP contribution in [-0.4, -0.2) is 61.7 Å². The minimum atomic E-state index is -1.17. The molecule has 4 aromatic rings. The number of ether oxygens (including phenoxy) is 1. The van der Waals surface area contributed by atoms with Crippen molar-refractivity contribution in [1.82, 2.24) is 15.0 Å². The normalized spacial score (nSPS) is 20.7. The third-order valence-electron chi connectivity index (χ3n) is 7.12. The van der Waals surface area contributed by atoms with Gasteiger partial charge in [-0.2, -0.15) is 4.98 Å². The molecule has 3 aromatic heterocycles. The molecule has 12 heteroatoms. The average Bonchev–Trinajstić information content (AvgIpc) is 3.45. The Bertz CT molecular complexity index is 1510. The van der Waals surface area contributed by atoms with Crippen molar-refractivity contribution >= 4 is 22.7 Å². The molecule has 0 saturated heterocycles. The summed E-state index contributed by atoms with van der Waals surface area (Å²) < 4.78 is 40.1. The zero-order valence-electron chi connectivity index (χ0n) is 22.3. The second kappa shape index (κ2) is 11.3. The molecule has 212 valence electrons. The molecule has 0 radical (unpaired) electrons. The summed E-state index contributed by atoms with van der Waals surface area (Å²) in [7, 11) is 0. The molecule has 10 nitrogen and oxygen atoms in total. The van der Waals surface area contributed by atoms with Gasteiger partial charge in [-0.3, -0.25) is 0 Å². The zero-order valence-corrected chi connectivity index (χ0v) is 22.3. The van der Waals surface area contributed by atoms with E-state index in [-0.39, 0.29) is 36.9 Å². The maximum Gasteiger partial charge on any atom is 0.225 e. The standard InChI is InChI=1S/C28H31F2N5O5/c1-4-39-22-10-15-9-21(40-26(15)14(3)32-22)23-13(2)33-28(31-11-17-18(29)6-5-7-19(17)30)35-27(23)34-20-8-16(12-36)24(37)25(20)38/h5-7,9-10,16,20,24-25,36-38H,4,8,11-12H2,1-3H3,(H2,31,33,34,35). The number of hydrogen-bond acceptors (Lipinski definition) is 10. The molecule has 3 heterocycles. The highest BCUT2D eigenvalue weighted by atomic mass is 19.1. The Labute approximate surface area is 229 Å². The third-order valence-corrected chi connectivity index (χ3v) is 7.12. The lowest BCUT2D eigenvalue weighted by Crippen LogP contribution is -2.35. The van der Waals surface area contributed by atoms with Crippen molar-refractivity contribution in [3.05, 3.63) is 58.9 Å². The van der Waals surface area contributed by atoms with E-state index in [4.69, 9.17) is 9.15 Å². The van der Waals surface area contributed by atoms with Gasteiger partial charge in [0.25, 0.3) is 0 Å². The number of aliphatic hydroxyl groups excluding tert-OH is 3. The van der Waals surface area contributed by atoms with Crippen molar-refractivity contribution in [2.24, 2.45) is 5.92 Å². The van der Waals surface area contributed by atoms with Gasteiger partial charge in [0.1, 0.15) is 29.3 Å². The van der Waals surface area contributed by atoms with Crippen LogP contribution in [0.4, 0.5) is 20.5 Å². The van der Waals surface area contributed by atoms with Gasteiger partial charge in [-0.25, -0.2) is 18.7 Å². The molecule has 0 amide bonds. The van der Waals surface area contributed by atoms with Crippen LogP contribution in [0.15, 0.2) is 34.7 Å². The highest BCUT2D eigenvalue weighted by molar-refractivity contribution is 5.88. The number of furan rings is 1. The molecule has 0 aliphatic heterocycles. The van der Waals surface area contributed by atoms with Gasteiger partial charge in [-0.05, 0) is 45.4 Å². The quantitative estimate of drug-likeness (QED) is 0.207. The number of anilines is 2. The molecule has 1 aliphatic carbocycles. The van der Waals surface area contributed by atoms with Crippen molar-refractivity contribution in [1.29, 1.82) is 0 Å². The number of halogens is 2. The van der Waals surface area contributed by atoms with Crippen molar-refractivity contribution in [3.8, 4) is 17.2 Å². The first-order valence-corrected chi connectivity index (χ1v) is 13.0. The van der Waals surface area contributed by atoms with Gasteiger partial charge in [0.2, 0.25) is 11.8 Å². The van der Waals surface area contributed by atoms with Gasteiger partial charge in [0, 0.05) is 36.1 Å². The smallest absolute Gasteiger partial charge is 0.225 e. The average molecular weight is 556 g/mol. The Morgan fingerprint density at radius 2 is 1.80 bits per heavy atom. The summed E-state index contributed by atoms with van der Waals surface area (Å²) in [6, 6.07) is 6.55. The van der Waals surface area contributed by atoms with E-state index in [1.54, 1.807) is 19.9 Å². The molecule has 1 aliphatic rings. The molecule has 1 fully saturated rings. The van der Waals surface area contributed by atoms with E-state index in [0.717, 1.165) is 5.39 Å². The van der Waals surface area contributed by atoms with Crippen LogP contribution in [0.2, 0.25) is 0 Å². The lowest BCUT2D eigenvalue weighted by atomic mass is 10.1. The lowest BCUT2D eigenvalue weighted by Gasteiger charge is -2.21.